The van der Waals surface area contributed by atoms with Gasteiger partial charge in [0.2, 0.25) is 11.6 Å². The fourth-order valence-electron chi connectivity index (χ4n) is 3.58. The lowest BCUT2D eigenvalue weighted by Gasteiger charge is -2.14. The number of nitrogens with zero attached hydrogens (tertiary/aromatic N) is 4. The van der Waals surface area contributed by atoms with Crippen molar-refractivity contribution in [1.29, 1.82) is 0 Å². The van der Waals surface area contributed by atoms with E-state index in [2.05, 4.69) is 10.1 Å². The molecule has 2 aromatic heterocycles. The van der Waals surface area contributed by atoms with Crippen molar-refractivity contribution in [2.75, 3.05) is 0 Å². The standard InChI is InChI=1S/C27H20N4O6/c32-30-13-11-21(12-14-30)26-28-27(37-29-26)22-15-23(31(33)34)25(36-18-20-9-5-2-6-10-20)24(16-22)35-17-19-7-3-1-4-8-19/h1-16H,17-18H2. The third kappa shape index (κ3) is 5.54. The number of rotatable bonds is 9. The lowest BCUT2D eigenvalue weighted by atomic mass is 10.1. The molecule has 0 N–H and O–H groups in total. The van der Waals surface area contributed by atoms with E-state index in [0.29, 0.717) is 10.3 Å². The second kappa shape index (κ2) is 10.6. The zero-order chi connectivity index (χ0) is 25.6. The Kier molecular flexibility index (Phi) is 6.71. The zero-order valence-electron chi connectivity index (χ0n) is 19.4. The van der Waals surface area contributed by atoms with Crippen molar-refractivity contribution in [2.45, 2.75) is 13.2 Å². The first-order chi connectivity index (χ1) is 18.1. The van der Waals surface area contributed by atoms with Gasteiger partial charge >= 0.3 is 5.69 Å². The molecule has 0 aliphatic heterocycles. The van der Waals surface area contributed by atoms with Crippen LogP contribution in [0.25, 0.3) is 22.8 Å². The van der Waals surface area contributed by atoms with Crippen LogP contribution in [0.15, 0.2) is 102 Å². The first-order valence-electron chi connectivity index (χ1n) is 11.3. The van der Waals surface area contributed by atoms with Gasteiger partial charge in [0.25, 0.3) is 5.89 Å². The van der Waals surface area contributed by atoms with Gasteiger partial charge in [-0.15, -0.1) is 0 Å². The van der Waals surface area contributed by atoms with E-state index in [1.54, 1.807) is 18.2 Å². The third-order valence-electron chi connectivity index (χ3n) is 5.43. The normalized spacial score (nSPS) is 10.7. The molecule has 5 rings (SSSR count). The van der Waals surface area contributed by atoms with Crippen molar-refractivity contribution in [3.8, 4) is 34.3 Å². The summed E-state index contributed by atoms with van der Waals surface area (Å²) < 4.78 is 18.0. The van der Waals surface area contributed by atoms with E-state index >= 15 is 0 Å². The molecule has 0 spiro atoms. The Hall–Kier alpha value is -5.25. The maximum Gasteiger partial charge on any atom is 0.315 e. The van der Waals surface area contributed by atoms with E-state index in [1.807, 2.05) is 60.7 Å². The topological polar surface area (TPSA) is 127 Å². The van der Waals surface area contributed by atoms with Gasteiger partial charge in [-0.2, -0.15) is 9.71 Å². The number of hydrogen-bond donors (Lipinski definition) is 0. The average Bonchev–Trinajstić information content (AvgIpc) is 3.42. The number of benzene rings is 3. The fourth-order valence-corrected chi connectivity index (χ4v) is 3.58. The molecule has 37 heavy (non-hydrogen) atoms. The van der Waals surface area contributed by atoms with Gasteiger partial charge in [-0.05, 0) is 17.2 Å². The smallest absolute Gasteiger partial charge is 0.315 e. The molecule has 0 saturated carbocycles. The Labute approximate surface area is 211 Å². The summed E-state index contributed by atoms with van der Waals surface area (Å²) in [5, 5.41) is 27.3. The molecule has 5 aromatic rings. The van der Waals surface area contributed by atoms with Crippen LogP contribution >= 0.6 is 0 Å². The minimum atomic E-state index is -0.541. The summed E-state index contributed by atoms with van der Waals surface area (Å²) in [6.45, 7) is 0.276. The Morgan fingerprint density at radius 3 is 2.08 bits per heavy atom. The number of hydrogen-bond acceptors (Lipinski definition) is 8. The molecule has 2 heterocycles. The monoisotopic (exact) mass is 496 g/mol. The van der Waals surface area contributed by atoms with Gasteiger partial charge in [-0.1, -0.05) is 65.8 Å². The van der Waals surface area contributed by atoms with E-state index in [-0.39, 0.29) is 47.7 Å². The molecule has 0 saturated heterocycles. The van der Waals surface area contributed by atoms with Crippen LogP contribution in [0.4, 0.5) is 5.69 Å². The van der Waals surface area contributed by atoms with Crippen LogP contribution in [0, 0.1) is 15.3 Å². The lowest BCUT2D eigenvalue weighted by molar-refractivity contribution is -0.605. The summed E-state index contributed by atoms with van der Waals surface area (Å²) in [4.78, 5) is 15.9. The lowest BCUT2D eigenvalue weighted by Crippen LogP contribution is -2.23. The van der Waals surface area contributed by atoms with Crippen molar-refractivity contribution in [1.82, 2.24) is 10.1 Å². The summed E-state index contributed by atoms with van der Waals surface area (Å²) in [5.74, 6) is 0.442. The van der Waals surface area contributed by atoms with Crippen LogP contribution in [0.2, 0.25) is 0 Å². The second-order valence-electron chi connectivity index (χ2n) is 8.00. The molecular weight excluding hydrogens is 476 g/mol. The van der Waals surface area contributed by atoms with E-state index in [9.17, 15) is 15.3 Å². The van der Waals surface area contributed by atoms with Crippen LogP contribution in [-0.2, 0) is 13.2 Å². The van der Waals surface area contributed by atoms with Gasteiger partial charge < -0.3 is 19.2 Å². The second-order valence-corrected chi connectivity index (χ2v) is 8.00. The molecule has 0 amide bonds. The average molecular weight is 496 g/mol. The van der Waals surface area contributed by atoms with Crippen molar-refractivity contribution in [2.24, 2.45) is 0 Å². The Balaban J connectivity index is 1.52. The molecular formula is C27H20N4O6. The minimum Gasteiger partial charge on any atom is -0.619 e. The first-order valence-corrected chi connectivity index (χ1v) is 11.3. The SMILES string of the molecule is O=[N+]([O-])c1cc(-c2nc(-c3cc[n+]([O-])cc3)no2)cc(OCc2ccccc2)c1OCc1ccccc1. The molecule has 0 fully saturated rings. The maximum atomic E-state index is 12.1. The highest BCUT2D eigenvalue weighted by Gasteiger charge is 2.26. The fraction of sp³-hybridized carbons (Fsp3) is 0.0741. The third-order valence-corrected chi connectivity index (χ3v) is 5.43. The van der Waals surface area contributed by atoms with Crippen LogP contribution in [-0.4, -0.2) is 15.1 Å². The van der Waals surface area contributed by atoms with E-state index in [1.165, 1.54) is 18.5 Å². The van der Waals surface area contributed by atoms with Crippen LogP contribution in [0.5, 0.6) is 11.5 Å². The summed E-state index contributed by atoms with van der Waals surface area (Å²) in [5.41, 5.74) is 2.27. The predicted molar refractivity (Wildman–Crippen MR) is 132 cm³/mol. The highest BCUT2D eigenvalue weighted by molar-refractivity contribution is 5.69. The molecule has 10 nitrogen and oxygen atoms in total. The number of nitro benzene ring substituents is 1. The van der Waals surface area contributed by atoms with Crippen molar-refractivity contribution in [3.63, 3.8) is 0 Å². The quantitative estimate of drug-likeness (QED) is 0.119. The molecule has 0 bridgehead atoms. The molecule has 0 aliphatic rings. The van der Waals surface area contributed by atoms with Gasteiger partial charge in [-0.3, -0.25) is 10.1 Å². The number of nitro groups is 1. The summed E-state index contributed by atoms with van der Waals surface area (Å²) in [6.07, 6.45) is 2.62. The van der Waals surface area contributed by atoms with Gasteiger partial charge in [0.05, 0.1) is 10.5 Å². The minimum absolute atomic E-state index is 0.00340. The highest BCUT2D eigenvalue weighted by atomic mass is 16.6. The predicted octanol–water partition coefficient (Wildman–Crippen LogP) is 5.10. The largest absolute Gasteiger partial charge is 0.619 e. The number of aromatic nitrogens is 3. The highest BCUT2D eigenvalue weighted by Crippen LogP contribution is 2.42. The molecule has 0 atom stereocenters. The zero-order valence-corrected chi connectivity index (χ0v) is 19.4. The van der Waals surface area contributed by atoms with E-state index in [0.717, 1.165) is 11.1 Å². The number of pyridine rings is 1. The van der Waals surface area contributed by atoms with Gasteiger partial charge in [0.1, 0.15) is 13.2 Å². The van der Waals surface area contributed by atoms with Crippen molar-refractivity contribution >= 4 is 5.69 Å². The van der Waals surface area contributed by atoms with Crippen LogP contribution in [0.3, 0.4) is 0 Å². The van der Waals surface area contributed by atoms with E-state index < -0.39 is 4.92 Å². The van der Waals surface area contributed by atoms with Crippen molar-refractivity contribution in [3.05, 3.63) is 124 Å². The Morgan fingerprint density at radius 1 is 0.838 bits per heavy atom. The Bertz CT molecular complexity index is 1510. The summed E-state index contributed by atoms with van der Waals surface area (Å²) in [6, 6.07) is 24.7. The van der Waals surface area contributed by atoms with Crippen molar-refractivity contribution < 1.29 is 23.7 Å². The molecule has 0 radical (unpaired) electrons. The van der Waals surface area contributed by atoms with Crippen LogP contribution < -0.4 is 14.2 Å². The van der Waals surface area contributed by atoms with Gasteiger partial charge in [0, 0.05) is 23.8 Å². The summed E-state index contributed by atoms with van der Waals surface area (Å²) >= 11 is 0. The molecule has 0 aliphatic carbocycles. The molecule has 0 unspecified atom stereocenters. The summed E-state index contributed by atoms with van der Waals surface area (Å²) in [7, 11) is 0. The van der Waals surface area contributed by atoms with E-state index in [4.69, 9.17) is 14.0 Å². The first kappa shape index (κ1) is 23.5. The molecule has 10 heteroatoms. The Morgan fingerprint density at radius 2 is 1.46 bits per heavy atom. The van der Waals surface area contributed by atoms with Gasteiger partial charge in [0.15, 0.2) is 18.1 Å². The molecule has 3 aromatic carbocycles. The van der Waals surface area contributed by atoms with Crippen LogP contribution in [0.1, 0.15) is 11.1 Å². The molecule has 184 valence electrons. The van der Waals surface area contributed by atoms with Gasteiger partial charge in [-0.25, -0.2) is 0 Å². The maximum absolute atomic E-state index is 12.1. The number of ether oxygens (including phenoxy) is 2.